The fraction of sp³-hybridized carbons (Fsp3) is 0.222. The van der Waals surface area contributed by atoms with E-state index < -0.39 is 0 Å². The summed E-state index contributed by atoms with van der Waals surface area (Å²) in [5, 5.41) is 0. The molecule has 1 aromatic heterocycles. The van der Waals surface area contributed by atoms with E-state index in [2.05, 4.69) is 4.98 Å². The lowest BCUT2D eigenvalue weighted by Crippen LogP contribution is -2.03. The number of ether oxygens (including phenoxy) is 2. The number of hydrogen-bond donors (Lipinski definition) is 0. The maximum Gasteiger partial charge on any atom is 0.189 e. The summed E-state index contributed by atoms with van der Waals surface area (Å²) in [5.41, 5.74) is 1.36. The van der Waals surface area contributed by atoms with E-state index >= 15 is 0 Å². The van der Waals surface area contributed by atoms with Crippen LogP contribution in [0.5, 0.6) is 11.5 Å². The van der Waals surface area contributed by atoms with Crippen LogP contribution in [0.4, 0.5) is 0 Å². The van der Waals surface area contributed by atoms with Crippen molar-refractivity contribution in [2.24, 2.45) is 0 Å². The predicted molar refractivity (Wildman–Crippen MR) is 86.4 cm³/mol. The molecule has 0 unspecified atom stereocenters. The predicted octanol–water partition coefficient (Wildman–Crippen LogP) is 3.78. The minimum atomic E-state index is -0.131. The Morgan fingerprint density at radius 3 is 2.68 bits per heavy atom. The Morgan fingerprint density at radius 2 is 2.00 bits per heavy atom. The van der Waals surface area contributed by atoms with Gasteiger partial charge in [0.25, 0.3) is 0 Å². The number of aromatic nitrogens is 1. The Balaban J connectivity index is 2.26. The standard InChI is InChI=1S/C18H19NO3/c1-3-21-15-8-10-18(22-4-2)16(12-15)17(20)9-7-14-6-5-11-19-13-14/h5-13H,3-4H2,1-2H3/b9-7+. The molecule has 2 aromatic rings. The second-order valence-corrected chi connectivity index (χ2v) is 4.51. The number of carbonyl (C=O) groups excluding carboxylic acids is 1. The normalized spacial score (nSPS) is 10.6. The SMILES string of the molecule is CCOc1ccc(OCC)c(C(=O)/C=C/c2cccnc2)c1. The van der Waals surface area contributed by atoms with Crippen LogP contribution in [-0.4, -0.2) is 24.0 Å². The molecule has 0 aliphatic heterocycles. The number of ketones is 1. The van der Waals surface area contributed by atoms with Gasteiger partial charge in [0.05, 0.1) is 18.8 Å². The van der Waals surface area contributed by atoms with Crippen molar-refractivity contribution in [3.8, 4) is 11.5 Å². The van der Waals surface area contributed by atoms with Crippen molar-refractivity contribution in [2.75, 3.05) is 13.2 Å². The van der Waals surface area contributed by atoms with Crippen LogP contribution in [-0.2, 0) is 0 Å². The molecule has 0 saturated heterocycles. The van der Waals surface area contributed by atoms with E-state index in [4.69, 9.17) is 9.47 Å². The lowest BCUT2D eigenvalue weighted by molar-refractivity contribution is 0.104. The van der Waals surface area contributed by atoms with Crippen molar-refractivity contribution in [1.82, 2.24) is 4.98 Å². The van der Waals surface area contributed by atoms with Gasteiger partial charge in [0.2, 0.25) is 0 Å². The molecule has 0 saturated carbocycles. The highest BCUT2D eigenvalue weighted by Crippen LogP contribution is 2.25. The molecule has 1 aromatic carbocycles. The molecular formula is C18H19NO3. The van der Waals surface area contributed by atoms with Gasteiger partial charge >= 0.3 is 0 Å². The number of allylic oxidation sites excluding steroid dienone is 1. The minimum Gasteiger partial charge on any atom is -0.494 e. The number of hydrogen-bond acceptors (Lipinski definition) is 4. The molecule has 22 heavy (non-hydrogen) atoms. The summed E-state index contributed by atoms with van der Waals surface area (Å²) < 4.78 is 11.0. The summed E-state index contributed by atoms with van der Waals surface area (Å²) in [4.78, 5) is 16.4. The van der Waals surface area contributed by atoms with Crippen LogP contribution in [0.3, 0.4) is 0 Å². The summed E-state index contributed by atoms with van der Waals surface area (Å²) in [5.74, 6) is 1.09. The molecule has 114 valence electrons. The molecule has 0 bridgehead atoms. The van der Waals surface area contributed by atoms with Crippen LogP contribution in [0.15, 0.2) is 48.8 Å². The quantitative estimate of drug-likeness (QED) is 0.576. The molecule has 0 spiro atoms. The lowest BCUT2D eigenvalue weighted by atomic mass is 10.1. The van der Waals surface area contributed by atoms with Gasteiger partial charge in [-0.2, -0.15) is 0 Å². The van der Waals surface area contributed by atoms with Gasteiger partial charge in [-0.1, -0.05) is 6.07 Å². The van der Waals surface area contributed by atoms with E-state index in [1.54, 1.807) is 36.7 Å². The molecule has 0 aliphatic rings. The molecule has 4 heteroatoms. The summed E-state index contributed by atoms with van der Waals surface area (Å²) >= 11 is 0. The Kier molecular flexibility index (Phi) is 5.72. The van der Waals surface area contributed by atoms with Crippen molar-refractivity contribution in [1.29, 1.82) is 0 Å². The largest absolute Gasteiger partial charge is 0.494 e. The fourth-order valence-corrected chi connectivity index (χ4v) is 1.98. The van der Waals surface area contributed by atoms with Gasteiger partial charge in [0.1, 0.15) is 11.5 Å². The third-order valence-corrected chi connectivity index (χ3v) is 2.94. The zero-order chi connectivity index (χ0) is 15.8. The maximum absolute atomic E-state index is 12.4. The molecule has 4 nitrogen and oxygen atoms in total. The minimum absolute atomic E-state index is 0.131. The van der Waals surface area contributed by atoms with Crippen LogP contribution in [0.2, 0.25) is 0 Å². The first-order chi connectivity index (χ1) is 10.7. The van der Waals surface area contributed by atoms with E-state index in [9.17, 15) is 4.79 Å². The monoisotopic (exact) mass is 297 g/mol. The van der Waals surface area contributed by atoms with Crippen LogP contribution >= 0.6 is 0 Å². The highest BCUT2D eigenvalue weighted by molar-refractivity contribution is 6.08. The number of benzene rings is 1. The number of carbonyl (C=O) groups is 1. The van der Waals surface area contributed by atoms with Gasteiger partial charge in [-0.05, 0) is 55.8 Å². The van der Waals surface area contributed by atoms with Gasteiger partial charge in [-0.3, -0.25) is 9.78 Å². The number of rotatable bonds is 7. The highest BCUT2D eigenvalue weighted by atomic mass is 16.5. The Bertz CT molecular complexity index is 651. The molecular weight excluding hydrogens is 278 g/mol. The Labute approximate surface area is 130 Å². The number of nitrogens with zero attached hydrogens (tertiary/aromatic N) is 1. The molecule has 0 amide bonds. The summed E-state index contributed by atoms with van der Waals surface area (Å²) in [6.07, 6.45) is 6.64. The summed E-state index contributed by atoms with van der Waals surface area (Å²) in [6.45, 7) is 4.84. The highest BCUT2D eigenvalue weighted by Gasteiger charge is 2.11. The second-order valence-electron chi connectivity index (χ2n) is 4.51. The van der Waals surface area contributed by atoms with E-state index in [0.717, 1.165) is 5.56 Å². The topological polar surface area (TPSA) is 48.4 Å². The molecule has 0 N–H and O–H groups in total. The van der Waals surface area contributed by atoms with Crippen molar-refractivity contribution in [3.63, 3.8) is 0 Å². The fourth-order valence-electron chi connectivity index (χ4n) is 1.98. The van der Waals surface area contributed by atoms with Crippen molar-refractivity contribution in [3.05, 3.63) is 59.9 Å². The average Bonchev–Trinajstić information content (AvgIpc) is 2.55. The zero-order valence-electron chi connectivity index (χ0n) is 12.8. The van der Waals surface area contributed by atoms with E-state index in [1.165, 1.54) is 6.08 Å². The van der Waals surface area contributed by atoms with Crippen molar-refractivity contribution >= 4 is 11.9 Å². The maximum atomic E-state index is 12.4. The van der Waals surface area contributed by atoms with Gasteiger partial charge in [0.15, 0.2) is 5.78 Å². The van der Waals surface area contributed by atoms with Crippen LogP contribution in [0.25, 0.3) is 6.08 Å². The van der Waals surface area contributed by atoms with E-state index in [0.29, 0.717) is 30.3 Å². The Morgan fingerprint density at radius 1 is 1.18 bits per heavy atom. The van der Waals surface area contributed by atoms with E-state index in [-0.39, 0.29) is 5.78 Å². The average molecular weight is 297 g/mol. The van der Waals surface area contributed by atoms with Crippen LogP contribution in [0.1, 0.15) is 29.8 Å². The molecule has 0 aliphatic carbocycles. The van der Waals surface area contributed by atoms with Gasteiger partial charge in [-0.25, -0.2) is 0 Å². The second kappa shape index (κ2) is 7.98. The molecule has 0 atom stereocenters. The van der Waals surface area contributed by atoms with E-state index in [1.807, 2.05) is 26.0 Å². The number of pyridine rings is 1. The molecule has 0 radical (unpaired) electrons. The zero-order valence-corrected chi connectivity index (χ0v) is 12.8. The first-order valence-electron chi connectivity index (χ1n) is 7.26. The Hall–Kier alpha value is -2.62. The van der Waals surface area contributed by atoms with Crippen molar-refractivity contribution in [2.45, 2.75) is 13.8 Å². The summed E-state index contributed by atoms with van der Waals surface area (Å²) in [6, 6.07) is 8.99. The lowest BCUT2D eigenvalue weighted by Gasteiger charge is -2.10. The first-order valence-corrected chi connectivity index (χ1v) is 7.26. The molecule has 1 heterocycles. The third kappa shape index (κ3) is 4.19. The molecule has 2 rings (SSSR count). The van der Waals surface area contributed by atoms with Gasteiger partial charge < -0.3 is 9.47 Å². The van der Waals surface area contributed by atoms with Gasteiger partial charge in [0, 0.05) is 12.4 Å². The third-order valence-electron chi connectivity index (χ3n) is 2.94. The smallest absolute Gasteiger partial charge is 0.189 e. The van der Waals surface area contributed by atoms with Gasteiger partial charge in [-0.15, -0.1) is 0 Å². The van der Waals surface area contributed by atoms with Crippen molar-refractivity contribution < 1.29 is 14.3 Å². The molecule has 0 fully saturated rings. The first kappa shape index (κ1) is 15.8. The summed E-state index contributed by atoms with van der Waals surface area (Å²) in [7, 11) is 0. The van der Waals surface area contributed by atoms with Crippen LogP contribution in [0, 0.1) is 0 Å². The van der Waals surface area contributed by atoms with Crippen LogP contribution < -0.4 is 9.47 Å².